The van der Waals surface area contributed by atoms with Crippen LogP contribution in [0.4, 0.5) is 4.79 Å². The van der Waals surface area contributed by atoms with Gasteiger partial charge in [-0.1, -0.05) is 46.6 Å². The molecule has 64 heavy (non-hydrogen) atoms. The Balaban J connectivity index is 0.995. The number of fused-ring (bicyclic) bond motifs is 1. The molecule has 0 aliphatic carbocycles. The molecular formula is C33H54N7O18P3S3. The number of hydrogen-bond donors (Lipinski definition) is 11. The monoisotopic (exact) mass is 1030 g/mol. The predicted molar refractivity (Wildman–Crippen MR) is 236 cm³/mol. The van der Waals surface area contributed by atoms with E-state index in [0.717, 1.165) is 48.6 Å². The highest BCUT2D eigenvalue weighted by atomic mass is 33.1. The molecule has 5 amide bonds. The fourth-order valence-electron chi connectivity index (χ4n) is 6.54. The number of urea groups is 1. The average Bonchev–Trinajstić information content (AvgIpc) is 3.87. The Bertz CT molecular complexity index is 2060. The van der Waals surface area contributed by atoms with Crippen molar-refractivity contribution in [2.75, 3.05) is 43.5 Å². The van der Waals surface area contributed by atoms with Crippen LogP contribution in [0.3, 0.4) is 0 Å². The third-order valence-electron chi connectivity index (χ3n) is 9.53. The summed E-state index contributed by atoms with van der Waals surface area (Å²) >= 11 is 1.87. The molecule has 4 rings (SSSR count). The molecule has 31 heteroatoms. The van der Waals surface area contributed by atoms with E-state index in [1.807, 2.05) is 11.8 Å². The molecule has 8 atom stereocenters. The zero-order chi connectivity index (χ0) is 46.9. The van der Waals surface area contributed by atoms with Crippen LogP contribution < -0.4 is 37.8 Å². The minimum atomic E-state index is -5.77. The number of aliphatic hydroxyl groups is 1. The highest BCUT2D eigenvalue weighted by Gasteiger charge is 2.44. The van der Waals surface area contributed by atoms with E-state index in [1.165, 1.54) is 33.7 Å². The molecule has 1 aromatic rings. The predicted octanol–water partition coefficient (Wildman–Crippen LogP) is 0.948. The summed E-state index contributed by atoms with van der Waals surface area (Å²) in [6.07, 6.45) is 5.67. The molecule has 3 saturated heterocycles. The zero-order valence-electron chi connectivity index (χ0n) is 34.3. The van der Waals surface area contributed by atoms with Crippen molar-refractivity contribution in [2.45, 2.75) is 100.0 Å². The number of ether oxygens (including phenoxy) is 1. The van der Waals surface area contributed by atoms with Gasteiger partial charge in [-0.05, 0) is 25.7 Å². The lowest BCUT2D eigenvalue weighted by molar-refractivity contribution is -0.122. The second-order valence-corrected chi connectivity index (χ2v) is 22.9. The number of H-pyrrole nitrogens is 1. The first-order valence-electron chi connectivity index (χ1n) is 20.1. The lowest BCUT2D eigenvalue weighted by atomic mass is 10.0. The Labute approximate surface area is 379 Å². The third kappa shape index (κ3) is 19.8. The van der Waals surface area contributed by atoms with Gasteiger partial charge in [-0.25, -0.2) is 23.3 Å². The van der Waals surface area contributed by atoms with E-state index < -0.39 is 59.8 Å². The summed E-state index contributed by atoms with van der Waals surface area (Å²) in [6, 6.07) is 0.293. The number of nitrogens with one attached hydrogen (secondary N) is 6. The van der Waals surface area contributed by atoms with E-state index in [4.69, 9.17) is 14.5 Å². The number of phosphoric ester groups is 1. The molecule has 8 unspecified atom stereocenters. The first-order chi connectivity index (χ1) is 30.2. The minimum absolute atomic E-state index is 0.0282. The number of unbranched alkanes of at least 4 members (excludes halogenated alkanes) is 3. The van der Waals surface area contributed by atoms with Crippen LogP contribution in [0.5, 0.6) is 0 Å². The Morgan fingerprint density at radius 3 is 2.30 bits per heavy atom. The van der Waals surface area contributed by atoms with E-state index in [2.05, 4.69) is 44.7 Å². The number of aliphatic hydroxyl groups excluding tert-OH is 1. The van der Waals surface area contributed by atoms with Crippen LogP contribution in [-0.4, -0.2) is 131 Å². The van der Waals surface area contributed by atoms with Crippen LogP contribution in [-0.2, 0) is 46.0 Å². The fraction of sp³-hybridized carbons (Fsp3) is 0.697. The second-order valence-electron chi connectivity index (χ2n) is 14.5. The maximum atomic E-state index is 12.5. The van der Waals surface area contributed by atoms with Crippen molar-refractivity contribution >= 4 is 86.6 Å². The van der Waals surface area contributed by atoms with Gasteiger partial charge in [0, 0.05) is 74.0 Å². The molecule has 4 heterocycles. The van der Waals surface area contributed by atoms with Gasteiger partial charge in [-0.2, -0.15) is 20.4 Å². The summed E-state index contributed by atoms with van der Waals surface area (Å²) in [4.78, 5) is 111. The largest absolute Gasteiger partial charge is 0.490 e. The lowest BCUT2D eigenvalue weighted by Crippen LogP contribution is -2.36. The van der Waals surface area contributed by atoms with Crippen LogP contribution in [0.1, 0.15) is 76.0 Å². The Morgan fingerprint density at radius 2 is 1.56 bits per heavy atom. The average molecular weight is 1030 g/mol. The highest BCUT2D eigenvalue weighted by molar-refractivity contribution is 8.76. The third-order valence-corrected chi connectivity index (χ3v) is 17.2. The van der Waals surface area contributed by atoms with Gasteiger partial charge in [-0.3, -0.25) is 33.3 Å². The number of carbonyl (C=O) groups is 4. The van der Waals surface area contributed by atoms with Crippen LogP contribution in [0.15, 0.2) is 21.9 Å². The standard InChI is InChI=1S/C33H54N7O18P3S3/c41-23-17-29(56-24(23)19-55-60(51,52)58-61(53,54)57-59(48,49)50)40-18-21(31(45)39-33(40)47)7-6-13-35-28(44)11-15-63-64-16-14-36-27(43)9-2-1-5-12-34-26(42)10-4-3-8-25-30-22(20-62-25)37-32(46)38-30/h6-7,18,22-25,29-30,41H,1-5,8-17,19-20H2,(H,34,42)(H,35,44)(H,36,43)(H,51,52)(H,53,54)(H2,37,38,46)(H,39,45,47)(H2,48,49,50)/b7-6+. The normalized spacial score (nSPS) is 23.8. The van der Waals surface area contributed by atoms with Crippen LogP contribution in [0, 0.1) is 0 Å². The van der Waals surface area contributed by atoms with E-state index in [9.17, 15) is 57.4 Å². The number of carbonyl (C=O) groups excluding carboxylic acids is 4. The van der Waals surface area contributed by atoms with E-state index in [1.54, 1.807) is 0 Å². The fourth-order valence-corrected chi connectivity index (χ4v) is 13.0. The molecule has 1 aromatic heterocycles. The number of hydrogen-bond acceptors (Lipinski definition) is 17. The topological polar surface area (TPSA) is 373 Å². The van der Waals surface area contributed by atoms with Crippen molar-refractivity contribution in [3.8, 4) is 0 Å². The molecule has 11 N–H and O–H groups in total. The summed E-state index contributed by atoms with van der Waals surface area (Å²) in [5.41, 5.74) is -1.73. The molecular weight excluding hydrogens is 972 g/mol. The molecule has 25 nitrogen and oxygen atoms in total. The van der Waals surface area contributed by atoms with Gasteiger partial charge in [-0.15, -0.1) is 0 Å². The SMILES string of the molecule is O=C(CCSSCCNC(=O)CCCCCNC(=O)CCCCC1SCC2NC(=O)NC21)NC/C=C/c1cn(C2CC(O)C(COP(=O)(O)OP(=O)(O)OP(=O)(O)O)O2)c(=O)[nH]c1=O. The van der Waals surface area contributed by atoms with Crippen molar-refractivity contribution in [1.82, 2.24) is 36.1 Å². The number of nitrogens with zero attached hydrogens (tertiary/aromatic N) is 1. The molecule has 0 aromatic carbocycles. The van der Waals surface area contributed by atoms with Gasteiger partial charge in [0.1, 0.15) is 12.3 Å². The molecule has 3 aliphatic heterocycles. The van der Waals surface area contributed by atoms with E-state index in [0.29, 0.717) is 49.1 Å². The number of phosphoric acid groups is 3. The molecule has 362 valence electrons. The quantitative estimate of drug-likeness (QED) is 0.0230. The number of amides is 5. The van der Waals surface area contributed by atoms with Gasteiger partial charge in [0.25, 0.3) is 5.56 Å². The highest BCUT2D eigenvalue weighted by Crippen LogP contribution is 2.66. The van der Waals surface area contributed by atoms with Crippen LogP contribution in [0.25, 0.3) is 6.08 Å². The zero-order valence-corrected chi connectivity index (χ0v) is 39.4. The van der Waals surface area contributed by atoms with Gasteiger partial charge < -0.3 is 56.0 Å². The van der Waals surface area contributed by atoms with Gasteiger partial charge >= 0.3 is 35.2 Å². The van der Waals surface area contributed by atoms with Crippen molar-refractivity contribution in [3.05, 3.63) is 38.7 Å². The van der Waals surface area contributed by atoms with Crippen LogP contribution >= 0.6 is 56.8 Å². The summed E-state index contributed by atoms with van der Waals surface area (Å²) in [5.74, 6) is 1.80. The maximum absolute atomic E-state index is 12.5. The number of aromatic amines is 1. The van der Waals surface area contributed by atoms with E-state index >= 15 is 0 Å². The second kappa shape index (κ2) is 26.1. The molecule has 3 fully saturated rings. The van der Waals surface area contributed by atoms with Gasteiger partial charge in [0.15, 0.2) is 0 Å². The summed E-state index contributed by atoms with van der Waals surface area (Å²) in [6.45, 7) is 0.136. The number of thioether (sulfide) groups is 1. The number of rotatable bonds is 29. The lowest BCUT2D eigenvalue weighted by Gasteiger charge is -2.19. The van der Waals surface area contributed by atoms with Crippen molar-refractivity contribution < 1.29 is 75.4 Å². The molecule has 3 aliphatic rings. The molecule has 0 spiro atoms. The van der Waals surface area contributed by atoms with Gasteiger partial charge in [0.05, 0.1) is 30.4 Å². The van der Waals surface area contributed by atoms with Crippen molar-refractivity contribution in [1.29, 1.82) is 0 Å². The number of aromatic nitrogens is 2. The summed E-state index contributed by atoms with van der Waals surface area (Å²) in [7, 11) is -13.9. The summed E-state index contributed by atoms with van der Waals surface area (Å²) in [5, 5.41) is 25.2. The molecule has 0 bridgehead atoms. The van der Waals surface area contributed by atoms with Crippen molar-refractivity contribution in [3.63, 3.8) is 0 Å². The Kier molecular flexibility index (Phi) is 22.1. The Hall–Kier alpha value is -2.52. The van der Waals surface area contributed by atoms with Gasteiger partial charge in [0.2, 0.25) is 17.7 Å². The smallest absolute Gasteiger partial charge is 0.390 e. The summed E-state index contributed by atoms with van der Waals surface area (Å²) < 4.78 is 52.5. The Morgan fingerprint density at radius 1 is 0.875 bits per heavy atom. The molecule has 0 saturated carbocycles. The molecule has 0 radical (unpaired) electrons. The van der Waals surface area contributed by atoms with Crippen LogP contribution in [0.2, 0.25) is 0 Å². The van der Waals surface area contributed by atoms with Crippen molar-refractivity contribution in [2.24, 2.45) is 0 Å². The van der Waals surface area contributed by atoms with E-state index in [-0.39, 0.29) is 60.8 Å². The maximum Gasteiger partial charge on any atom is 0.490 e. The first-order valence-corrected chi connectivity index (χ1v) is 28.1. The minimum Gasteiger partial charge on any atom is -0.390 e. The first kappa shape index (κ1) is 54.1.